The first kappa shape index (κ1) is 17.9. The number of nitrogens with zero attached hydrogens (tertiary/aromatic N) is 2. The predicted molar refractivity (Wildman–Crippen MR) is 89.0 cm³/mol. The van der Waals surface area contributed by atoms with Crippen molar-refractivity contribution in [3.8, 4) is 6.07 Å². The van der Waals surface area contributed by atoms with Crippen LogP contribution in [0.5, 0.6) is 0 Å². The summed E-state index contributed by atoms with van der Waals surface area (Å²) in [6, 6.07) is 6.67. The summed E-state index contributed by atoms with van der Waals surface area (Å²) >= 11 is 0. The van der Waals surface area contributed by atoms with E-state index in [0.29, 0.717) is 18.4 Å². The first-order chi connectivity index (χ1) is 12.3. The van der Waals surface area contributed by atoms with Gasteiger partial charge in [0, 0.05) is 0 Å². The fraction of sp³-hybridized carbons (Fsp3) is 0.444. The molecule has 1 atom stereocenters. The Balaban J connectivity index is 1.74. The molecule has 1 aromatic carbocycles. The van der Waals surface area contributed by atoms with Crippen LogP contribution in [0.2, 0.25) is 0 Å². The Morgan fingerprint density at radius 2 is 1.92 bits per heavy atom. The van der Waals surface area contributed by atoms with Gasteiger partial charge >= 0.3 is 6.03 Å². The van der Waals surface area contributed by atoms with Crippen LogP contribution < -0.4 is 10.6 Å². The Kier molecular flexibility index (Phi) is 4.40. The lowest BCUT2D eigenvalue weighted by Crippen LogP contribution is -2.50. The van der Waals surface area contributed by atoms with Gasteiger partial charge in [-0.25, -0.2) is 9.18 Å². The number of nitrogens with one attached hydrogen (secondary N) is 2. The highest BCUT2D eigenvalue weighted by molar-refractivity contribution is 6.09. The Hall–Kier alpha value is -2.95. The lowest BCUT2D eigenvalue weighted by atomic mass is 9.92. The van der Waals surface area contributed by atoms with Crippen molar-refractivity contribution in [2.45, 2.75) is 43.7 Å². The summed E-state index contributed by atoms with van der Waals surface area (Å²) in [4.78, 5) is 38.1. The third-order valence-corrected chi connectivity index (χ3v) is 5.05. The maximum absolute atomic E-state index is 13.1. The number of imide groups is 1. The van der Waals surface area contributed by atoms with Gasteiger partial charge < -0.3 is 10.6 Å². The van der Waals surface area contributed by atoms with Crippen LogP contribution in [0.25, 0.3) is 0 Å². The van der Waals surface area contributed by atoms with Crippen LogP contribution in [0.4, 0.5) is 9.18 Å². The third kappa shape index (κ3) is 3.01. The largest absolute Gasteiger partial charge is 0.336 e. The van der Waals surface area contributed by atoms with E-state index >= 15 is 0 Å². The standard InChI is InChI=1S/C18H19FN4O3/c1-17(12-4-6-13(19)7-5-12)15(25)23(16(26)22-17)10-14(24)21-18(11-20)8-2-3-9-18/h4-7H,2-3,8-10H2,1H3,(H,21,24)(H,22,26)/t17-/m1/s1. The van der Waals surface area contributed by atoms with E-state index in [1.165, 1.54) is 31.2 Å². The molecule has 8 heteroatoms. The number of amides is 4. The van der Waals surface area contributed by atoms with E-state index in [4.69, 9.17) is 0 Å². The van der Waals surface area contributed by atoms with Crippen molar-refractivity contribution in [3.63, 3.8) is 0 Å². The van der Waals surface area contributed by atoms with Gasteiger partial charge in [0.2, 0.25) is 5.91 Å². The predicted octanol–water partition coefficient (Wildman–Crippen LogP) is 1.55. The average Bonchev–Trinajstić information content (AvgIpc) is 3.15. The van der Waals surface area contributed by atoms with Crippen LogP contribution in [0.15, 0.2) is 24.3 Å². The van der Waals surface area contributed by atoms with E-state index in [1.807, 2.05) is 0 Å². The summed E-state index contributed by atoms with van der Waals surface area (Å²) in [6.45, 7) is 1.04. The number of urea groups is 1. The molecule has 0 aromatic heterocycles. The Bertz CT molecular complexity index is 796. The zero-order chi connectivity index (χ0) is 18.9. The first-order valence-electron chi connectivity index (χ1n) is 8.42. The van der Waals surface area contributed by atoms with Gasteiger partial charge in [-0.3, -0.25) is 14.5 Å². The summed E-state index contributed by atoms with van der Waals surface area (Å²) in [5.74, 6) is -1.61. The van der Waals surface area contributed by atoms with Crippen LogP contribution in [0, 0.1) is 17.1 Å². The van der Waals surface area contributed by atoms with Gasteiger partial charge in [0.05, 0.1) is 6.07 Å². The van der Waals surface area contributed by atoms with Gasteiger partial charge in [-0.2, -0.15) is 5.26 Å². The molecule has 2 fully saturated rings. The normalized spacial score (nSPS) is 24.3. The molecule has 1 aromatic rings. The monoisotopic (exact) mass is 358 g/mol. The summed E-state index contributed by atoms with van der Waals surface area (Å²) in [7, 11) is 0. The second-order valence-electron chi connectivity index (χ2n) is 6.90. The summed E-state index contributed by atoms with van der Waals surface area (Å²) in [5, 5.41) is 14.5. The molecule has 4 amide bonds. The van der Waals surface area contributed by atoms with E-state index in [9.17, 15) is 24.0 Å². The first-order valence-corrected chi connectivity index (χ1v) is 8.42. The molecule has 3 rings (SSSR count). The molecule has 1 aliphatic carbocycles. The highest BCUT2D eigenvalue weighted by Gasteiger charge is 2.50. The topological polar surface area (TPSA) is 102 Å². The quantitative estimate of drug-likeness (QED) is 0.797. The van der Waals surface area contributed by atoms with Crippen LogP contribution >= 0.6 is 0 Å². The number of benzene rings is 1. The number of nitriles is 1. The molecule has 0 spiro atoms. The van der Waals surface area contributed by atoms with Crippen molar-refractivity contribution in [1.29, 1.82) is 5.26 Å². The minimum Gasteiger partial charge on any atom is -0.336 e. The third-order valence-electron chi connectivity index (χ3n) is 5.05. The molecule has 0 unspecified atom stereocenters. The Labute approximate surface area is 150 Å². The smallest absolute Gasteiger partial charge is 0.325 e. The molecule has 2 aliphatic rings. The fourth-order valence-electron chi connectivity index (χ4n) is 3.51. The summed E-state index contributed by atoms with van der Waals surface area (Å²) in [6.07, 6.45) is 2.81. The number of carbonyl (C=O) groups is 3. The van der Waals surface area contributed by atoms with Crippen molar-refractivity contribution >= 4 is 17.8 Å². The maximum atomic E-state index is 13.1. The molecule has 1 saturated heterocycles. The van der Waals surface area contributed by atoms with E-state index in [0.717, 1.165) is 17.7 Å². The zero-order valence-electron chi connectivity index (χ0n) is 14.3. The van der Waals surface area contributed by atoms with E-state index in [-0.39, 0.29) is 0 Å². The van der Waals surface area contributed by atoms with Crippen molar-refractivity contribution in [2.24, 2.45) is 0 Å². The second-order valence-corrected chi connectivity index (χ2v) is 6.90. The number of hydrogen-bond donors (Lipinski definition) is 2. The van der Waals surface area contributed by atoms with Crippen LogP contribution in [-0.2, 0) is 15.1 Å². The van der Waals surface area contributed by atoms with Gasteiger partial charge in [0.15, 0.2) is 0 Å². The lowest BCUT2D eigenvalue weighted by Gasteiger charge is -2.24. The molecule has 1 aliphatic heterocycles. The minimum atomic E-state index is -1.37. The van der Waals surface area contributed by atoms with Gasteiger partial charge in [-0.15, -0.1) is 0 Å². The Morgan fingerprint density at radius 3 is 2.50 bits per heavy atom. The van der Waals surface area contributed by atoms with Crippen LogP contribution in [-0.4, -0.2) is 34.8 Å². The molecule has 26 heavy (non-hydrogen) atoms. The number of halogens is 1. The van der Waals surface area contributed by atoms with Gasteiger partial charge in [-0.05, 0) is 50.3 Å². The number of rotatable bonds is 4. The summed E-state index contributed by atoms with van der Waals surface area (Å²) in [5.41, 5.74) is -1.87. The molecule has 2 N–H and O–H groups in total. The van der Waals surface area contributed by atoms with Crippen molar-refractivity contribution in [2.75, 3.05) is 6.54 Å². The van der Waals surface area contributed by atoms with E-state index < -0.39 is 41.3 Å². The van der Waals surface area contributed by atoms with Crippen LogP contribution in [0.1, 0.15) is 38.2 Å². The Morgan fingerprint density at radius 1 is 1.31 bits per heavy atom. The highest BCUT2D eigenvalue weighted by Crippen LogP contribution is 2.30. The molecule has 7 nitrogen and oxygen atoms in total. The lowest BCUT2D eigenvalue weighted by molar-refractivity contribution is -0.135. The van der Waals surface area contributed by atoms with E-state index in [1.54, 1.807) is 0 Å². The average molecular weight is 358 g/mol. The molecular weight excluding hydrogens is 339 g/mol. The second kappa shape index (κ2) is 6.41. The van der Waals surface area contributed by atoms with Gasteiger partial charge in [-0.1, -0.05) is 12.1 Å². The fourth-order valence-corrected chi connectivity index (χ4v) is 3.51. The maximum Gasteiger partial charge on any atom is 0.325 e. The van der Waals surface area contributed by atoms with Gasteiger partial charge in [0.1, 0.15) is 23.4 Å². The molecular formula is C18H19FN4O3. The van der Waals surface area contributed by atoms with Crippen molar-refractivity contribution in [1.82, 2.24) is 15.5 Å². The molecule has 1 saturated carbocycles. The van der Waals surface area contributed by atoms with Crippen molar-refractivity contribution in [3.05, 3.63) is 35.6 Å². The summed E-state index contributed by atoms with van der Waals surface area (Å²) < 4.78 is 13.1. The SMILES string of the molecule is C[C@]1(c2ccc(F)cc2)NC(=O)N(CC(=O)NC2(C#N)CCCC2)C1=O. The number of hydrogen-bond acceptors (Lipinski definition) is 4. The van der Waals surface area contributed by atoms with Gasteiger partial charge in [0.25, 0.3) is 5.91 Å². The zero-order valence-corrected chi connectivity index (χ0v) is 14.3. The molecule has 1 heterocycles. The molecule has 0 radical (unpaired) electrons. The highest BCUT2D eigenvalue weighted by atomic mass is 19.1. The van der Waals surface area contributed by atoms with Crippen LogP contribution in [0.3, 0.4) is 0 Å². The van der Waals surface area contributed by atoms with E-state index in [2.05, 4.69) is 16.7 Å². The number of carbonyl (C=O) groups excluding carboxylic acids is 3. The molecule has 0 bridgehead atoms. The minimum absolute atomic E-state index is 0.421. The van der Waals surface area contributed by atoms with Crippen molar-refractivity contribution < 1.29 is 18.8 Å². The molecule has 136 valence electrons.